The number of carbonyl (C=O) groups is 2. The lowest BCUT2D eigenvalue weighted by molar-refractivity contribution is -0.203. The molecule has 0 N–H and O–H groups in total. The van der Waals surface area contributed by atoms with Crippen molar-refractivity contribution in [2.45, 2.75) is 52.2 Å². The molecular formula is C15H22O5. The highest BCUT2D eigenvalue weighted by atomic mass is 16.7. The molecule has 0 bridgehead atoms. The quantitative estimate of drug-likeness (QED) is 0.553. The molecule has 5 nitrogen and oxygen atoms in total. The molecule has 0 unspecified atom stereocenters. The Kier molecular flexibility index (Phi) is 5.80. The van der Waals surface area contributed by atoms with Crippen molar-refractivity contribution in [2.75, 3.05) is 7.11 Å². The minimum Gasteiger partial charge on any atom is -0.469 e. The lowest BCUT2D eigenvalue weighted by Gasteiger charge is -2.31. The van der Waals surface area contributed by atoms with Crippen LogP contribution in [0.15, 0.2) is 23.5 Å². The van der Waals surface area contributed by atoms with Crippen LogP contribution in [0.4, 0.5) is 0 Å². The topological polar surface area (TPSA) is 61.8 Å². The van der Waals surface area contributed by atoms with Crippen molar-refractivity contribution in [1.82, 2.24) is 0 Å². The molecule has 112 valence electrons. The van der Waals surface area contributed by atoms with Crippen molar-refractivity contribution in [2.24, 2.45) is 0 Å². The predicted molar refractivity (Wildman–Crippen MR) is 73.6 cm³/mol. The highest BCUT2D eigenvalue weighted by Crippen LogP contribution is 2.28. The first-order chi connectivity index (χ1) is 9.38. The summed E-state index contributed by atoms with van der Waals surface area (Å²) in [7, 11) is 1.38. The molecule has 0 amide bonds. The zero-order valence-corrected chi connectivity index (χ0v) is 12.5. The number of allylic oxidation sites excluding steroid dienone is 2. The smallest absolute Gasteiger partial charge is 0.337 e. The molecule has 0 saturated carbocycles. The SMILES string of the molecule is CCC(=CCCCC(=O)OC)C1=CC(=O)OC(C)(C)O1. The van der Waals surface area contributed by atoms with Crippen molar-refractivity contribution in [3.63, 3.8) is 0 Å². The van der Waals surface area contributed by atoms with E-state index >= 15 is 0 Å². The molecule has 1 rings (SSSR count). The van der Waals surface area contributed by atoms with Gasteiger partial charge in [0.2, 0.25) is 5.79 Å². The summed E-state index contributed by atoms with van der Waals surface area (Å²) in [4.78, 5) is 22.5. The summed E-state index contributed by atoms with van der Waals surface area (Å²) in [5, 5.41) is 0. The van der Waals surface area contributed by atoms with Crippen LogP contribution in [-0.2, 0) is 23.8 Å². The van der Waals surface area contributed by atoms with Crippen LogP contribution in [0.2, 0.25) is 0 Å². The number of rotatable bonds is 6. The predicted octanol–water partition coefficient (Wildman–Crippen LogP) is 2.86. The Morgan fingerprint density at radius 2 is 2.10 bits per heavy atom. The van der Waals surface area contributed by atoms with Crippen molar-refractivity contribution in [1.29, 1.82) is 0 Å². The van der Waals surface area contributed by atoms with Crippen molar-refractivity contribution >= 4 is 11.9 Å². The van der Waals surface area contributed by atoms with Crippen LogP contribution < -0.4 is 0 Å². The largest absolute Gasteiger partial charge is 0.469 e. The molecule has 5 heteroatoms. The summed E-state index contributed by atoms with van der Waals surface area (Å²) in [6.45, 7) is 5.38. The zero-order chi connectivity index (χ0) is 15.2. The molecule has 1 aliphatic rings. The number of carbonyl (C=O) groups excluding carboxylic acids is 2. The second-order valence-corrected chi connectivity index (χ2v) is 4.98. The number of hydrogen-bond acceptors (Lipinski definition) is 5. The Morgan fingerprint density at radius 1 is 1.40 bits per heavy atom. The lowest BCUT2D eigenvalue weighted by atomic mass is 10.1. The number of esters is 2. The van der Waals surface area contributed by atoms with Gasteiger partial charge in [0, 0.05) is 20.3 Å². The van der Waals surface area contributed by atoms with Crippen LogP contribution in [-0.4, -0.2) is 24.8 Å². The van der Waals surface area contributed by atoms with Crippen LogP contribution in [0.5, 0.6) is 0 Å². The third kappa shape index (κ3) is 5.07. The first kappa shape index (κ1) is 16.3. The van der Waals surface area contributed by atoms with Crippen molar-refractivity contribution in [3.05, 3.63) is 23.5 Å². The molecule has 0 atom stereocenters. The normalized spacial score (nSPS) is 17.9. The van der Waals surface area contributed by atoms with Gasteiger partial charge < -0.3 is 14.2 Å². The maximum absolute atomic E-state index is 11.5. The Labute approximate surface area is 119 Å². The van der Waals surface area contributed by atoms with E-state index in [0.717, 1.165) is 18.4 Å². The Balaban J connectivity index is 2.65. The third-order valence-electron chi connectivity index (χ3n) is 2.85. The van der Waals surface area contributed by atoms with Gasteiger partial charge in [0.1, 0.15) is 5.76 Å². The van der Waals surface area contributed by atoms with E-state index in [2.05, 4.69) is 4.74 Å². The summed E-state index contributed by atoms with van der Waals surface area (Å²) < 4.78 is 15.3. The van der Waals surface area contributed by atoms with E-state index in [0.29, 0.717) is 18.6 Å². The third-order valence-corrected chi connectivity index (χ3v) is 2.85. The maximum atomic E-state index is 11.5. The Hall–Kier alpha value is -1.78. The van der Waals surface area contributed by atoms with E-state index in [1.54, 1.807) is 13.8 Å². The molecule has 0 aromatic heterocycles. The molecule has 0 aromatic carbocycles. The number of hydrogen-bond donors (Lipinski definition) is 0. The monoisotopic (exact) mass is 282 g/mol. The standard InChI is InChI=1S/C15H22O5/c1-5-11(8-6-7-9-13(16)18-4)12-10-14(17)20-15(2,3)19-12/h8,10H,5-7,9H2,1-4H3. The van der Waals surface area contributed by atoms with Crippen molar-refractivity contribution < 1.29 is 23.8 Å². The Morgan fingerprint density at radius 3 is 2.65 bits per heavy atom. The van der Waals surface area contributed by atoms with E-state index in [1.807, 2.05) is 13.0 Å². The van der Waals surface area contributed by atoms with Gasteiger partial charge in [-0.1, -0.05) is 13.0 Å². The molecule has 0 radical (unpaired) electrons. The molecule has 1 aliphatic heterocycles. The highest BCUT2D eigenvalue weighted by molar-refractivity contribution is 5.84. The summed E-state index contributed by atoms with van der Waals surface area (Å²) in [5.74, 6) is -1.01. The minimum atomic E-state index is -0.943. The molecule has 20 heavy (non-hydrogen) atoms. The van der Waals surface area contributed by atoms with Crippen LogP contribution in [0.1, 0.15) is 46.5 Å². The molecule has 0 aromatic rings. The summed E-state index contributed by atoms with van der Waals surface area (Å²) in [5.41, 5.74) is 0.944. The van der Waals surface area contributed by atoms with E-state index in [9.17, 15) is 9.59 Å². The van der Waals surface area contributed by atoms with Crippen LogP contribution >= 0.6 is 0 Å². The average Bonchev–Trinajstić information content (AvgIpc) is 2.36. The van der Waals surface area contributed by atoms with E-state index < -0.39 is 11.8 Å². The van der Waals surface area contributed by atoms with Gasteiger partial charge in [0.05, 0.1) is 13.2 Å². The fourth-order valence-electron chi connectivity index (χ4n) is 1.90. The van der Waals surface area contributed by atoms with Gasteiger partial charge in [-0.3, -0.25) is 4.79 Å². The van der Waals surface area contributed by atoms with Gasteiger partial charge in [-0.2, -0.15) is 0 Å². The van der Waals surface area contributed by atoms with Gasteiger partial charge in [0.15, 0.2) is 0 Å². The van der Waals surface area contributed by atoms with Gasteiger partial charge in [0.25, 0.3) is 0 Å². The second-order valence-electron chi connectivity index (χ2n) is 4.98. The van der Waals surface area contributed by atoms with Crippen LogP contribution in [0, 0.1) is 0 Å². The first-order valence-electron chi connectivity index (χ1n) is 6.78. The number of unbranched alkanes of at least 4 members (excludes halogenated alkanes) is 1. The van der Waals surface area contributed by atoms with Crippen molar-refractivity contribution in [3.8, 4) is 0 Å². The fraction of sp³-hybridized carbons (Fsp3) is 0.600. The highest BCUT2D eigenvalue weighted by Gasteiger charge is 2.30. The van der Waals surface area contributed by atoms with Gasteiger partial charge in [-0.05, 0) is 24.8 Å². The molecule has 0 aliphatic carbocycles. The van der Waals surface area contributed by atoms with Crippen LogP contribution in [0.25, 0.3) is 0 Å². The zero-order valence-electron chi connectivity index (χ0n) is 12.5. The average molecular weight is 282 g/mol. The van der Waals surface area contributed by atoms with E-state index in [1.165, 1.54) is 13.2 Å². The van der Waals surface area contributed by atoms with Crippen LogP contribution in [0.3, 0.4) is 0 Å². The molecule has 0 spiro atoms. The van der Waals surface area contributed by atoms with Gasteiger partial charge in [-0.15, -0.1) is 0 Å². The second kappa shape index (κ2) is 7.12. The summed E-state index contributed by atoms with van der Waals surface area (Å²) in [6, 6.07) is 0. The maximum Gasteiger partial charge on any atom is 0.337 e. The fourth-order valence-corrected chi connectivity index (χ4v) is 1.90. The van der Waals surface area contributed by atoms with E-state index in [4.69, 9.17) is 9.47 Å². The number of ether oxygens (including phenoxy) is 3. The Bertz CT molecular complexity index is 432. The molecule has 0 saturated heterocycles. The molecule has 1 heterocycles. The summed E-state index contributed by atoms with van der Waals surface area (Å²) in [6.07, 6.45) is 5.92. The van der Waals surface area contributed by atoms with E-state index in [-0.39, 0.29) is 5.97 Å². The van der Waals surface area contributed by atoms with Gasteiger partial charge >= 0.3 is 11.9 Å². The lowest BCUT2D eigenvalue weighted by Crippen LogP contribution is -2.34. The van der Waals surface area contributed by atoms with Gasteiger partial charge in [-0.25, -0.2) is 4.79 Å². The first-order valence-corrected chi connectivity index (χ1v) is 6.78. The number of cyclic esters (lactones) is 1. The number of methoxy groups -OCH3 is 1. The molecule has 0 fully saturated rings. The minimum absolute atomic E-state index is 0.214. The summed E-state index contributed by atoms with van der Waals surface area (Å²) >= 11 is 0. The molecular weight excluding hydrogens is 260 g/mol.